The number of nitrogens with two attached hydrogens (primary N) is 2. The van der Waals surface area contributed by atoms with Gasteiger partial charge in [0.05, 0.1) is 13.2 Å². The van der Waals surface area contributed by atoms with Crippen LogP contribution in [0.2, 0.25) is 5.15 Å². The van der Waals surface area contributed by atoms with E-state index < -0.39 is 11.9 Å². The second-order valence-corrected chi connectivity index (χ2v) is 4.40. The molecule has 0 aromatic carbocycles. The first-order valence-corrected chi connectivity index (χ1v) is 6.18. The molecule has 0 saturated carbocycles. The SMILES string of the molecule is N=C(N)NC(=O)c1nc(Cl)c(N2CCOCC2)nc1N. The summed E-state index contributed by atoms with van der Waals surface area (Å²) in [6, 6.07) is 0. The summed E-state index contributed by atoms with van der Waals surface area (Å²) in [5.41, 5.74) is 10.6. The highest BCUT2D eigenvalue weighted by Crippen LogP contribution is 2.24. The molecule has 1 aliphatic rings. The van der Waals surface area contributed by atoms with Gasteiger partial charge in [-0.15, -0.1) is 0 Å². The van der Waals surface area contributed by atoms with Crippen molar-refractivity contribution in [3.05, 3.63) is 10.8 Å². The number of anilines is 2. The summed E-state index contributed by atoms with van der Waals surface area (Å²) in [7, 11) is 0. The van der Waals surface area contributed by atoms with Crippen LogP contribution in [0.5, 0.6) is 0 Å². The molecule has 0 spiro atoms. The maximum absolute atomic E-state index is 11.7. The van der Waals surface area contributed by atoms with Crippen molar-refractivity contribution in [3.8, 4) is 0 Å². The van der Waals surface area contributed by atoms with Gasteiger partial charge in [-0.05, 0) is 0 Å². The highest BCUT2D eigenvalue weighted by Gasteiger charge is 2.21. The first-order valence-electron chi connectivity index (χ1n) is 5.80. The molecule has 0 aliphatic carbocycles. The second-order valence-electron chi connectivity index (χ2n) is 4.04. The normalized spacial score (nSPS) is 14.9. The maximum atomic E-state index is 11.7. The third kappa shape index (κ3) is 3.06. The number of amides is 1. The fourth-order valence-electron chi connectivity index (χ4n) is 1.74. The van der Waals surface area contributed by atoms with Crippen LogP contribution in [-0.2, 0) is 4.74 Å². The van der Waals surface area contributed by atoms with Gasteiger partial charge in [0.25, 0.3) is 5.91 Å². The van der Waals surface area contributed by atoms with Crippen molar-refractivity contribution in [1.82, 2.24) is 15.3 Å². The van der Waals surface area contributed by atoms with E-state index in [4.69, 9.17) is 33.2 Å². The van der Waals surface area contributed by atoms with Crippen molar-refractivity contribution in [2.24, 2.45) is 5.73 Å². The Morgan fingerprint density at radius 2 is 2.05 bits per heavy atom. The van der Waals surface area contributed by atoms with Gasteiger partial charge in [-0.25, -0.2) is 9.97 Å². The molecule has 2 rings (SSSR count). The van der Waals surface area contributed by atoms with E-state index in [-0.39, 0.29) is 16.7 Å². The van der Waals surface area contributed by atoms with Crippen molar-refractivity contribution in [1.29, 1.82) is 5.41 Å². The molecule has 6 N–H and O–H groups in total. The first-order chi connectivity index (χ1) is 9.49. The Hall–Kier alpha value is -2.13. The molecular weight excluding hydrogens is 286 g/mol. The minimum absolute atomic E-state index is 0.0646. The Morgan fingerprint density at radius 3 is 2.65 bits per heavy atom. The number of carbonyl (C=O) groups is 1. The number of nitrogen functional groups attached to an aromatic ring is 1. The molecular formula is C10H14ClN7O2. The average molecular weight is 300 g/mol. The summed E-state index contributed by atoms with van der Waals surface area (Å²) >= 11 is 6.04. The van der Waals surface area contributed by atoms with Gasteiger partial charge in [0, 0.05) is 13.1 Å². The van der Waals surface area contributed by atoms with Gasteiger partial charge in [-0.2, -0.15) is 0 Å². The van der Waals surface area contributed by atoms with E-state index in [1.165, 1.54) is 0 Å². The first kappa shape index (κ1) is 14.3. The van der Waals surface area contributed by atoms with E-state index in [1.54, 1.807) is 0 Å². The van der Waals surface area contributed by atoms with Crippen LogP contribution in [0.1, 0.15) is 10.5 Å². The number of nitrogens with zero attached hydrogens (tertiary/aromatic N) is 3. The molecule has 10 heteroatoms. The van der Waals surface area contributed by atoms with Gasteiger partial charge >= 0.3 is 0 Å². The topological polar surface area (TPSA) is 143 Å². The van der Waals surface area contributed by atoms with Crippen molar-refractivity contribution >= 4 is 35.1 Å². The molecule has 1 aromatic rings. The summed E-state index contributed by atoms with van der Waals surface area (Å²) in [6.45, 7) is 2.36. The molecule has 9 nitrogen and oxygen atoms in total. The molecule has 1 saturated heterocycles. The molecule has 1 aliphatic heterocycles. The smallest absolute Gasteiger partial charge is 0.280 e. The summed E-state index contributed by atoms with van der Waals surface area (Å²) in [4.78, 5) is 21.6. The molecule has 2 heterocycles. The van der Waals surface area contributed by atoms with Crippen LogP contribution in [0.15, 0.2) is 0 Å². The molecule has 1 fully saturated rings. The third-order valence-corrected chi connectivity index (χ3v) is 2.89. The van der Waals surface area contributed by atoms with Crippen LogP contribution in [0.3, 0.4) is 0 Å². The number of halogens is 1. The molecule has 0 unspecified atom stereocenters. The van der Waals surface area contributed by atoms with Crippen molar-refractivity contribution in [2.75, 3.05) is 36.9 Å². The van der Waals surface area contributed by atoms with Gasteiger partial charge in [0.15, 0.2) is 28.4 Å². The zero-order valence-corrected chi connectivity index (χ0v) is 11.3. The number of ether oxygens (including phenoxy) is 1. The number of carbonyl (C=O) groups excluding carboxylic acids is 1. The van der Waals surface area contributed by atoms with Crippen molar-refractivity contribution in [2.45, 2.75) is 0 Å². The molecule has 0 atom stereocenters. The average Bonchev–Trinajstić information content (AvgIpc) is 2.41. The van der Waals surface area contributed by atoms with Crippen LogP contribution in [0, 0.1) is 5.41 Å². The van der Waals surface area contributed by atoms with Gasteiger partial charge in [0.1, 0.15) is 0 Å². The zero-order valence-electron chi connectivity index (χ0n) is 10.5. The Bertz CT molecular complexity index is 545. The zero-order chi connectivity index (χ0) is 14.7. The number of hydrogen-bond donors (Lipinski definition) is 4. The Morgan fingerprint density at radius 1 is 1.40 bits per heavy atom. The van der Waals surface area contributed by atoms with E-state index in [0.717, 1.165) is 0 Å². The highest BCUT2D eigenvalue weighted by molar-refractivity contribution is 6.32. The van der Waals surface area contributed by atoms with Crippen LogP contribution >= 0.6 is 11.6 Å². The lowest BCUT2D eigenvalue weighted by molar-refractivity contribution is 0.0972. The van der Waals surface area contributed by atoms with Gasteiger partial charge in [-0.3, -0.25) is 15.5 Å². The lowest BCUT2D eigenvalue weighted by Gasteiger charge is -2.28. The van der Waals surface area contributed by atoms with Crippen LogP contribution < -0.4 is 21.7 Å². The highest BCUT2D eigenvalue weighted by atomic mass is 35.5. The van der Waals surface area contributed by atoms with Crippen LogP contribution in [0.25, 0.3) is 0 Å². The fourth-order valence-corrected chi connectivity index (χ4v) is 1.99. The molecule has 1 aromatic heterocycles. The van der Waals surface area contributed by atoms with E-state index >= 15 is 0 Å². The predicted molar refractivity (Wildman–Crippen MR) is 73.9 cm³/mol. The van der Waals surface area contributed by atoms with Gasteiger partial charge < -0.3 is 21.1 Å². The van der Waals surface area contributed by atoms with Gasteiger partial charge in [0.2, 0.25) is 0 Å². The molecule has 20 heavy (non-hydrogen) atoms. The van der Waals surface area contributed by atoms with Crippen molar-refractivity contribution in [3.63, 3.8) is 0 Å². The number of aromatic nitrogens is 2. The van der Waals surface area contributed by atoms with Crippen LogP contribution in [0.4, 0.5) is 11.6 Å². The third-order valence-electron chi connectivity index (χ3n) is 2.64. The Labute approximate surface area is 119 Å². The fraction of sp³-hybridized carbons (Fsp3) is 0.400. The molecule has 1 amide bonds. The summed E-state index contributed by atoms with van der Waals surface area (Å²) in [6.07, 6.45) is 0. The van der Waals surface area contributed by atoms with E-state index in [0.29, 0.717) is 32.1 Å². The summed E-state index contributed by atoms with van der Waals surface area (Å²) in [5, 5.41) is 9.14. The largest absolute Gasteiger partial charge is 0.382 e. The lowest BCUT2D eigenvalue weighted by atomic mass is 10.3. The number of rotatable bonds is 2. The van der Waals surface area contributed by atoms with E-state index in [9.17, 15) is 4.79 Å². The number of hydrogen-bond acceptors (Lipinski definition) is 7. The molecule has 0 bridgehead atoms. The number of morpholine rings is 1. The molecule has 108 valence electrons. The Balaban J connectivity index is 2.28. The van der Waals surface area contributed by atoms with E-state index in [2.05, 4.69) is 15.3 Å². The summed E-state index contributed by atoms with van der Waals surface area (Å²) in [5.74, 6) is -0.899. The number of nitrogens with one attached hydrogen (secondary N) is 2. The Kier molecular flexibility index (Phi) is 4.20. The van der Waals surface area contributed by atoms with Crippen LogP contribution in [-0.4, -0.2) is 48.1 Å². The van der Waals surface area contributed by atoms with Gasteiger partial charge in [-0.1, -0.05) is 11.6 Å². The molecule has 0 radical (unpaired) electrons. The minimum Gasteiger partial charge on any atom is -0.382 e. The summed E-state index contributed by atoms with van der Waals surface area (Å²) < 4.78 is 5.23. The predicted octanol–water partition coefficient (Wildman–Crippen LogP) is -0.828. The monoisotopic (exact) mass is 299 g/mol. The number of guanidine groups is 1. The quantitative estimate of drug-likeness (QED) is 0.412. The van der Waals surface area contributed by atoms with Crippen molar-refractivity contribution < 1.29 is 9.53 Å². The second kappa shape index (κ2) is 5.88. The minimum atomic E-state index is -0.724. The lowest BCUT2D eigenvalue weighted by Crippen LogP contribution is -2.38. The standard InChI is InChI=1S/C10H14ClN7O2/c11-6-8(18-1-3-20-4-2-18)16-7(12)5(15-6)9(19)17-10(13)14/h1-4H2,(H2,12,16)(H4,13,14,17,19). The maximum Gasteiger partial charge on any atom is 0.280 e. The van der Waals surface area contributed by atoms with E-state index in [1.807, 2.05) is 4.90 Å².